The van der Waals surface area contributed by atoms with Crippen LogP contribution in [0.1, 0.15) is 11.4 Å². The number of rotatable bonds is 4. The summed E-state index contributed by atoms with van der Waals surface area (Å²) in [5.41, 5.74) is 0.902. The molecule has 0 fully saturated rings. The maximum atomic E-state index is 12.9. The van der Waals surface area contributed by atoms with Crippen molar-refractivity contribution in [2.45, 2.75) is 12.7 Å². The van der Waals surface area contributed by atoms with Crippen molar-refractivity contribution in [3.63, 3.8) is 0 Å². The minimum absolute atomic E-state index is 0.0224. The normalized spacial score (nSPS) is 11.8. The Morgan fingerprint density at radius 2 is 1.96 bits per heavy atom. The van der Waals surface area contributed by atoms with Gasteiger partial charge in [0.15, 0.2) is 5.65 Å². The average Bonchev–Trinajstić information content (AvgIpc) is 3.29. The van der Waals surface area contributed by atoms with E-state index in [0.717, 1.165) is 5.56 Å². The van der Waals surface area contributed by atoms with E-state index in [9.17, 15) is 13.2 Å². The minimum atomic E-state index is -4.63. The molecule has 4 aromatic heterocycles. The predicted octanol–water partition coefficient (Wildman–Crippen LogP) is 2.34. The van der Waals surface area contributed by atoms with Gasteiger partial charge in [0.2, 0.25) is 0 Å². The maximum Gasteiger partial charge on any atom is 0.453 e. The van der Waals surface area contributed by atoms with Crippen LogP contribution >= 0.6 is 0 Å². The van der Waals surface area contributed by atoms with Gasteiger partial charge in [-0.15, -0.1) is 15.3 Å². The van der Waals surface area contributed by atoms with Gasteiger partial charge >= 0.3 is 6.18 Å². The zero-order chi connectivity index (χ0) is 18.1. The molecule has 4 aromatic rings. The van der Waals surface area contributed by atoms with Gasteiger partial charge in [-0.05, 0) is 29.8 Å². The van der Waals surface area contributed by atoms with Gasteiger partial charge in [-0.2, -0.15) is 17.7 Å². The fraction of sp³-hybridized carbons (Fsp3) is 0.133. The highest BCUT2D eigenvalue weighted by Crippen LogP contribution is 2.27. The molecule has 4 heterocycles. The molecule has 0 radical (unpaired) electrons. The van der Waals surface area contributed by atoms with Crippen LogP contribution < -0.4 is 5.32 Å². The number of imidazole rings is 1. The molecule has 0 aliphatic carbocycles. The number of nitrogens with zero attached hydrogens (tertiary/aromatic N) is 7. The first-order valence-electron chi connectivity index (χ1n) is 7.47. The van der Waals surface area contributed by atoms with E-state index in [4.69, 9.17) is 0 Å². The maximum absolute atomic E-state index is 12.9. The third-order valence-corrected chi connectivity index (χ3v) is 3.57. The number of hydrogen-bond donors (Lipinski definition) is 1. The van der Waals surface area contributed by atoms with Crippen LogP contribution in [0.5, 0.6) is 0 Å². The van der Waals surface area contributed by atoms with Crippen LogP contribution in [0.25, 0.3) is 11.5 Å². The van der Waals surface area contributed by atoms with E-state index < -0.39 is 12.0 Å². The quantitative estimate of drug-likeness (QED) is 0.601. The lowest BCUT2D eigenvalue weighted by molar-refractivity contribution is -0.146. The molecule has 8 nitrogen and oxygen atoms in total. The van der Waals surface area contributed by atoms with E-state index in [0.29, 0.717) is 16.9 Å². The topological polar surface area (TPSA) is 85.8 Å². The molecule has 1 N–H and O–H groups in total. The molecule has 0 saturated carbocycles. The fourth-order valence-electron chi connectivity index (χ4n) is 2.36. The largest absolute Gasteiger partial charge is 0.453 e. The van der Waals surface area contributed by atoms with Crippen LogP contribution in [0.2, 0.25) is 0 Å². The van der Waals surface area contributed by atoms with Crippen LogP contribution in [0, 0.1) is 0 Å². The summed E-state index contributed by atoms with van der Waals surface area (Å²) >= 11 is 0. The Labute approximate surface area is 144 Å². The van der Waals surface area contributed by atoms with E-state index in [-0.39, 0.29) is 11.5 Å². The number of alkyl halides is 3. The number of halogens is 3. The van der Waals surface area contributed by atoms with Crippen molar-refractivity contribution in [1.82, 2.24) is 34.3 Å². The Balaban J connectivity index is 1.56. The second-order valence-electron chi connectivity index (χ2n) is 5.36. The molecule has 0 atom stereocenters. The van der Waals surface area contributed by atoms with Crippen molar-refractivity contribution in [2.75, 3.05) is 5.32 Å². The van der Waals surface area contributed by atoms with Crippen molar-refractivity contribution in [2.24, 2.45) is 0 Å². The van der Waals surface area contributed by atoms with Crippen molar-refractivity contribution < 1.29 is 13.2 Å². The molecule has 132 valence electrons. The fourth-order valence-corrected chi connectivity index (χ4v) is 2.36. The van der Waals surface area contributed by atoms with Crippen LogP contribution in [-0.2, 0) is 12.7 Å². The summed E-state index contributed by atoms with van der Waals surface area (Å²) in [5, 5.41) is 13.5. The van der Waals surface area contributed by atoms with Crippen LogP contribution in [0.4, 0.5) is 19.0 Å². The summed E-state index contributed by atoms with van der Waals surface area (Å²) in [7, 11) is 0. The summed E-state index contributed by atoms with van der Waals surface area (Å²) in [4.78, 5) is 8.21. The smallest absolute Gasteiger partial charge is 0.365 e. The summed E-state index contributed by atoms with van der Waals surface area (Å²) in [6.45, 7) is 0.353. The zero-order valence-electron chi connectivity index (χ0n) is 13.1. The first-order chi connectivity index (χ1) is 12.5. The minimum Gasteiger partial charge on any atom is -0.365 e. The van der Waals surface area contributed by atoms with Crippen molar-refractivity contribution >= 4 is 11.5 Å². The van der Waals surface area contributed by atoms with Crippen molar-refractivity contribution in [3.8, 4) is 5.82 Å². The number of fused-ring (bicyclic) bond motifs is 1. The van der Waals surface area contributed by atoms with Gasteiger partial charge < -0.3 is 5.32 Å². The summed E-state index contributed by atoms with van der Waals surface area (Å²) < 4.78 is 41.2. The van der Waals surface area contributed by atoms with E-state index >= 15 is 0 Å². The Morgan fingerprint density at radius 3 is 2.73 bits per heavy atom. The summed E-state index contributed by atoms with van der Waals surface area (Å²) in [6.07, 6.45) is 2.04. The molecule has 26 heavy (non-hydrogen) atoms. The molecular weight excluding hydrogens is 349 g/mol. The number of nitrogens with one attached hydrogen (secondary N) is 1. The predicted molar refractivity (Wildman–Crippen MR) is 84.5 cm³/mol. The lowest BCUT2D eigenvalue weighted by Crippen LogP contribution is -2.13. The van der Waals surface area contributed by atoms with Crippen LogP contribution in [0.15, 0.2) is 49.2 Å². The molecule has 0 saturated heterocycles. The lowest BCUT2D eigenvalue weighted by atomic mass is 10.2. The molecule has 0 bridgehead atoms. The van der Waals surface area contributed by atoms with E-state index in [1.807, 2.05) is 6.07 Å². The van der Waals surface area contributed by atoms with E-state index in [2.05, 4.69) is 30.6 Å². The Morgan fingerprint density at radius 1 is 1.08 bits per heavy atom. The van der Waals surface area contributed by atoms with Crippen LogP contribution in [-0.4, -0.2) is 34.3 Å². The molecule has 11 heteroatoms. The molecule has 0 amide bonds. The third kappa shape index (κ3) is 3.06. The number of aromatic nitrogens is 7. The molecule has 0 aliphatic heterocycles. The average molecular weight is 360 g/mol. The SMILES string of the molecule is FC(F)(F)c1nnc2ccc(NCc3ccnc(-n4ccnc4)c3)nn12. The monoisotopic (exact) mass is 360 g/mol. The van der Waals surface area contributed by atoms with Crippen molar-refractivity contribution in [3.05, 3.63) is 60.6 Å². The molecule has 0 unspecified atom stereocenters. The van der Waals surface area contributed by atoms with E-state index in [1.54, 1.807) is 41.6 Å². The first kappa shape index (κ1) is 16.0. The standard InChI is InChI=1S/C15H11F3N8/c16-15(17,18)14-23-22-12-2-1-11(24-26(12)14)21-8-10-3-4-20-13(7-10)25-6-5-19-9-25/h1-7,9H,8H2,(H,21,24). The van der Waals surface area contributed by atoms with Crippen molar-refractivity contribution in [1.29, 1.82) is 0 Å². The van der Waals surface area contributed by atoms with Gasteiger partial charge in [-0.3, -0.25) is 4.57 Å². The number of anilines is 1. The molecule has 0 aromatic carbocycles. The molecule has 4 rings (SSSR count). The Kier molecular flexibility index (Phi) is 3.75. The first-order valence-corrected chi connectivity index (χ1v) is 7.47. The van der Waals surface area contributed by atoms with Gasteiger partial charge in [0.25, 0.3) is 5.82 Å². The second kappa shape index (κ2) is 6.10. The number of hydrogen-bond acceptors (Lipinski definition) is 6. The van der Waals surface area contributed by atoms with Gasteiger partial charge in [-0.1, -0.05) is 0 Å². The molecule has 0 aliphatic rings. The summed E-state index contributed by atoms with van der Waals surface area (Å²) in [5.74, 6) is -0.213. The summed E-state index contributed by atoms with van der Waals surface area (Å²) in [6, 6.07) is 6.60. The van der Waals surface area contributed by atoms with E-state index in [1.165, 1.54) is 6.07 Å². The number of pyridine rings is 1. The second-order valence-corrected chi connectivity index (χ2v) is 5.36. The van der Waals surface area contributed by atoms with Gasteiger partial charge in [0, 0.05) is 25.1 Å². The van der Waals surface area contributed by atoms with Gasteiger partial charge in [-0.25, -0.2) is 9.97 Å². The third-order valence-electron chi connectivity index (χ3n) is 3.57. The van der Waals surface area contributed by atoms with Gasteiger partial charge in [0.05, 0.1) is 0 Å². The molecule has 0 spiro atoms. The Bertz CT molecular complexity index is 1040. The highest BCUT2D eigenvalue weighted by Gasteiger charge is 2.37. The highest BCUT2D eigenvalue weighted by atomic mass is 19.4. The molecular formula is C15H11F3N8. The highest BCUT2D eigenvalue weighted by molar-refractivity contribution is 5.44. The Hall–Kier alpha value is -3.50. The van der Waals surface area contributed by atoms with Gasteiger partial charge in [0.1, 0.15) is 18.0 Å². The van der Waals surface area contributed by atoms with Crippen LogP contribution in [0.3, 0.4) is 0 Å². The zero-order valence-corrected chi connectivity index (χ0v) is 13.1. The lowest BCUT2D eigenvalue weighted by Gasteiger charge is -2.08.